The van der Waals surface area contributed by atoms with Crippen molar-refractivity contribution in [2.45, 2.75) is 4.90 Å². The molecule has 0 bridgehead atoms. The number of halogens is 2. The number of benzene rings is 1. The molecule has 10 heteroatoms. The van der Waals surface area contributed by atoms with Crippen molar-refractivity contribution in [1.29, 1.82) is 0 Å². The molecule has 2 aromatic rings. The number of aromatic carboxylic acids is 1. The van der Waals surface area contributed by atoms with Crippen LogP contribution in [0.1, 0.15) is 10.4 Å². The summed E-state index contributed by atoms with van der Waals surface area (Å²) in [4.78, 5) is 10.8. The third-order valence-corrected chi connectivity index (χ3v) is 3.83. The standard InChI is InChI=1S/C10H8ClN3O4S.ClH/c11-6-1-3-7(4-2-6)19(17,18)14-9-8(10(15)16)5-12-13-9;/h1-5H,(H,15,16)(H2,12,13,14);1H. The molecular formula is C10H9Cl2N3O4S. The number of H-pyrrole nitrogens is 1. The van der Waals surface area contributed by atoms with Gasteiger partial charge in [0, 0.05) is 11.2 Å². The van der Waals surface area contributed by atoms with Gasteiger partial charge in [-0.25, -0.2) is 13.2 Å². The van der Waals surface area contributed by atoms with E-state index in [4.69, 9.17) is 16.7 Å². The first-order chi connectivity index (χ1) is 8.90. The Morgan fingerprint density at radius 1 is 1.30 bits per heavy atom. The molecule has 2 rings (SSSR count). The van der Waals surface area contributed by atoms with Crippen LogP contribution in [0.5, 0.6) is 0 Å². The Balaban J connectivity index is 0.00000200. The van der Waals surface area contributed by atoms with E-state index < -0.39 is 16.0 Å². The summed E-state index contributed by atoms with van der Waals surface area (Å²) in [6.45, 7) is 0. The number of aromatic nitrogens is 2. The molecule has 0 unspecified atom stereocenters. The number of hydrogen-bond acceptors (Lipinski definition) is 4. The number of nitrogens with zero attached hydrogens (tertiary/aromatic N) is 1. The van der Waals surface area contributed by atoms with Crippen LogP contribution in [0.25, 0.3) is 0 Å². The fourth-order valence-electron chi connectivity index (χ4n) is 1.33. The molecule has 0 atom stereocenters. The lowest BCUT2D eigenvalue weighted by molar-refractivity contribution is 0.0698. The predicted molar refractivity (Wildman–Crippen MR) is 75.1 cm³/mol. The van der Waals surface area contributed by atoms with E-state index in [1.807, 2.05) is 0 Å². The maximum atomic E-state index is 12.0. The van der Waals surface area contributed by atoms with Crippen LogP contribution in [0.4, 0.5) is 5.82 Å². The van der Waals surface area contributed by atoms with E-state index in [0.717, 1.165) is 6.20 Å². The van der Waals surface area contributed by atoms with Gasteiger partial charge in [-0.1, -0.05) is 11.6 Å². The Hall–Kier alpha value is -1.77. The van der Waals surface area contributed by atoms with Crippen molar-refractivity contribution in [3.8, 4) is 0 Å². The number of carboxylic acid groups (broad SMARTS) is 1. The summed E-state index contributed by atoms with van der Waals surface area (Å²) >= 11 is 5.66. The minimum Gasteiger partial charge on any atom is -0.477 e. The molecule has 1 heterocycles. The summed E-state index contributed by atoms with van der Waals surface area (Å²) in [6, 6.07) is 5.44. The van der Waals surface area contributed by atoms with Crippen LogP contribution in [-0.2, 0) is 10.0 Å². The molecule has 0 aliphatic heterocycles. The topological polar surface area (TPSA) is 112 Å². The third kappa shape index (κ3) is 3.41. The zero-order valence-electron chi connectivity index (χ0n) is 9.70. The van der Waals surface area contributed by atoms with Crippen LogP contribution in [0.15, 0.2) is 35.4 Å². The van der Waals surface area contributed by atoms with E-state index in [0.29, 0.717) is 5.02 Å². The predicted octanol–water partition coefficient (Wildman–Crippen LogP) is 1.98. The SMILES string of the molecule is Cl.O=C(O)c1c[nH]nc1NS(=O)(=O)c1ccc(Cl)cc1. The van der Waals surface area contributed by atoms with Crippen molar-refractivity contribution in [3.63, 3.8) is 0 Å². The molecule has 0 fully saturated rings. The minimum atomic E-state index is -3.91. The van der Waals surface area contributed by atoms with Crippen molar-refractivity contribution in [2.24, 2.45) is 0 Å². The van der Waals surface area contributed by atoms with Crippen molar-refractivity contribution in [2.75, 3.05) is 4.72 Å². The second kappa shape index (κ2) is 6.12. The molecule has 3 N–H and O–H groups in total. The van der Waals surface area contributed by atoms with Crippen molar-refractivity contribution < 1.29 is 18.3 Å². The molecule has 108 valence electrons. The average molecular weight is 338 g/mol. The van der Waals surface area contributed by atoms with E-state index in [1.54, 1.807) is 0 Å². The third-order valence-electron chi connectivity index (χ3n) is 2.23. The van der Waals surface area contributed by atoms with E-state index in [9.17, 15) is 13.2 Å². The van der Waals surface area contributed by atoms with Gasteiger partial charge in [0.25, 0.3) is 10.0 Å². The first-order valence-corrected chi connectivity index (χ1v) is 6.82. The van der Waals surface area contributed by atoms with Gasteiger partial charge in [-0.3, -0.25) is 9.82 Å². The van der Waals surface area contributed by atoms with Gasteiger partial charge in [0.2, 0.25) is 0 Å². The molecule has 0 amide bonds. The van der Waals surface area contributed by atoms with Crippen LogP contribution in [0, 0.1) is 0 Å². The number of carboxylic acids is 1. The number of nitrogens with one attached hydrogen (secondary N) is 2. The maximum Gasteiger partial charge on any atom is 0.341 e. The molecule has 0 saturated heterocycles. The van der Waals surface area contributed by atoms with Gasteiger partial charge in [0.1, 0.15) is 5.56 Å². The smallest absolute Gasteiger partial charge is 0.341 e. The van der Waals surface area contributed by atoms with E-state index in [-0.39, 0.29) is 28.7 Å². The number of carbonyl (C=O) groups is 1. The molecular weight excluding hydrogens is 329 g/mol. The van der Waals surface area contributed by atoms with Crippen molar-refractivity contribution in [3.05, 3.63) is 41.0 Å². The van der Waals surface area contributed by atoms with Crippen LogP contribution < -0.4 is 4.72 Å². The summed E-state index contributed by atoms with van der Waals surface area (Å²) in [5.41, 5.74) is -0.266. The molecule has 0 aliphatic rings. The minimum absolute atomic E-state index is 0. The average Bonchev–Trinajstić information content (AvgIpc) is 2.77. The van der Waals surface area contributed by atoms with Gasteiger partial charge < -0.3 is 5.11 Å². The highest BCUT2D eigenvalue weighted by molar-refractivity contribution is 7.92. The first kappa shape index (κ1) is 16.3. The van der Waals surface area contributed by atoms with Gasteiger partial charge in [-0.2, -0.15) is 5.10 Å². The fraction of sp³-hybridized carbons (Fsp3) is 0. The van der Waals surface area contributed by atoms with Crippen LogP contribution in [-0.4, -0.2) is 29.7 Å². The number of sulfonamides is 1. The lowest BCUT2D eigenvalue weighted by atomic mass is 10.3. The second-order valence-corrected chi connectivity index (χ2v) is 5.63. The second-order valence-electron chi connectivity index (χ2n) is 3.51. The maximum absolute atomic E-state index is 12.0. The highest BCUT2D eigenvalue weighted by atomic mass is 35.5. The van der Waals surface area contributed by atoms with Gasteiger partial charge in [0.05, 0.1) is 4.90 Å². The molecule has 0 aliphatic carbocycles. The summed E-state index contributed by atoms with van der Waals surface area (Å²) in [5.74, 6) is -1.56. The molecule has 0 radical (unpaired) electrons. The summed E-state index contributed by atoms with van der Waals surface area (Å²) < 4.78 is 26.1. The Bertz CT molecular complexity index is 712. The van der Waals surface area contributed by atoms with Crippen molar-refractivity contribution in [1.82, 2.24) is 10.2 Å². The van der Waals surface area contributed by atoms with Gasteiger partial charge in [0.15, 0.2) is 5.82 Å². The Morgan fingerprint density at radius 3 is 2.45 bits per heavy atom. The van der Waals surface area contributed by atoms with Crippen LogP contribution in [0.2, 0.25) is 5.02 Å². The molecule has 20 heavy (non-hydrogen) atoms. The normalized spacial score (nSPS) is 10.7. The highest BCUT2D eigenvalue weighted by Crippen LogP contribution is 2.19. The summed E-state index contributed by atoms with van der Waals surface area (Å²) in [5, 5.41) is 15.1. The molecule has 7 nitrogen and oxygen atoms in total. The number of hydrogen-bond donors (Lipinski definition) is 3. The monoisotopic (exact) mass is 337 g/mol. The van der Waals surface area contributed by atoms with Crippen LogP contribution >= 0.6 is 24.0 Å². The summed E-state index contributed by atoms with van der Waals surface area (Å²) in [6.07, 6.45) is 1.09. The zero-order valence-corrected chi connectivity index (χ0v) is 12.1. The van der Waals surface area contributed by atoms with Gasteiger partial charge in [-0.05, 0) is 24.3 Å². The lowest BCUT2D eigenvalue weighted by Gasteiger charge is -2.06. The largest absolute Gasteiger partial charge is 0.477 e. The highest BCUT2D eigenvalue weighted by Gasteiger charge is 2.20. The number of aromatic amines is 1. The quantitative estimate of drug-likeness (QED) is 0.789. The molecule has 1 aromatic carbocycles. The zero-order chi connectivity index (χ0) is 14.0. The first-order valence-electron chi connectivity index (χ1n) is 4.95. The molecule has 1 aromatic heterocycles. The molecule has 0 saturated carbocycles. The fourth-order valence-corrected chi connectivity index (χ4v) is 2.48. The van der Waals surface area contributed by atoms with Crippen LogP contribution in [0.3, 0.4) is 0 Å². The van der Waals surface area contributed by atoms with Gasteiger partial charge >= 0.3 is 5.97 Å². The van der Waals surface area contributed by atoms with Gasteiger partial charge in [-0.15, -0.1) is 12.4 Å². The summed E-state index contributed by atoms with van der Waals surface area (Å²) in [7, 11) is -3.91. The molecule has 0 spiro atoms. The number of anilines is 1. The Kier molecular flexibility index (Phi) is 4.98. The Morgan fingerprint density at radius 2 is 1.90 bits per heavy atom. The van der Waals surface area contributed by atoms with E-state index in [1.165, 1.54) is 24.3 Å². The Labute approximate surface area is 125 Å². The van der Waals surface area contributed by atoms with Crippen molar-refractivity contribution >= 4 is 45.8 Å². The van der Waals surface area contributed by atoms with E-state index >= 15 is 0 Å². The lowest BCUT2D eigenvalue weighted by Crippen LogP contribution is -2.15. The number of rotatable bonds is 4. The van der Waals surface area contributed by atoms with E-state index in [2.05, 4.69) is 14.9 Å².